The first kappa shape index (κ1) is 21.0. The summed E-state index contributed by atoms with van der Waals surface area (Å²) in [6.45, 7) is 2.12. The number of carbonyl (C=O) groups excluding carboxylic acids is 2. The van der Waals surface area contributed by atoms with Gasteiger partial charge in [-0.25, -0.2) is 0 Å². The minimum absolute atomic E-state index is 0.0510. The number of aryl methyl sites for hydroxylation is 1. The van der Waals surface area contributed by atoms with Gasteiger partial charge in [-0.05, 0) is 42.3 Å². The number of hydrogen-bond donors (Lipinski definition) is 0. The van der Waals surface area contributed by atoms with Gasteiger partial charge in [0.2, 0.25) is 5.91 Å². The predicted octanol–water partition coefficient (Wildman–Crippen LogP) is 3.27. The number of hydrogen-bond acceptors (Lipinski definition) is 4. The van der Waals surface area contributed by atoms with E-state index >= 15 is 0 Å². The average molecular weight is 417 g/mol. The summed E-state index contributed by atoms with van der Waals surface area (Å²) in [6, 6.07) is 12.6. The molecule has 2 aromatic rings. The number of nitrogens with zero attached hydrogens (tertiary/aromatic N) is 2. The molecule has 1 heterocycles. The molecule has 0 N–H and O–H groups in total. The molecule has 3 rings (SSSR count). The zero-order valence-corrected chi connectivity index (χ0v) is 17.4. The molecule has 1 aliphatic rings. The van der Waals surface area contributed by atoms with Crippen LogP contribution in [0.3, 0.4) is 0 Å². The van der Waals surface area contributed by atoms with Crippen LogP contribution in [0.4, 0.5) is 0 Å². The third-order valence-electron chi connectivity index (χ3n) is 5.07. The molecule has 154 valence electrons. The first-order valence-corrected chi connectivity index (χ1v) is 9.93. The molecular formula is C22H25ClN2O4. The van der Waals surface area contributed by atoms with Crippen LogP contribution in [0.5, 0.6) is 11.5 Å². The minimum Gasteiger partial charge on any atom is -0.493 e. The number of benzene rings is 2. The summed E-state index contributed by atoms with van der Waals surface area (Å²) in [5.74, 6) is 1.37. The van der Waals surface area contributed by atoms with Gasteiger partial charge in [-0.1, -0.05) is 23.7 Å². The average Bonchev–Trinajstić information content (AvgIpc) is 2.76. The molecule has 6 nitrogen and oxygen atoms in total. The van der Waals surface area contributed by atoms with Crippen LogP contribution in [-0.2, 0) is 11.2 Å². The first-order chi connectivity index (χ1) is 14.0. The summed E-state index contributed by atoms with van der Waals surface area (Å²) in [5.41, 5.74) is 1.59. The number of piperazine rings is 1. The first-order valence-electron chi connectivity index (χ1n) is 9.55. The van der Waals surface area contributed by atoms with E-state index in [1.165, 1.54) is 0 Å². The van der Waals surface area contributed by atoms with Gasteiger partial charge in [0.05, 0.1) is 14.2 Å². The van der Waals surface area contributed by atoms with Crippen LogP contribution in [0.1, 0.15) is 22.3 Å². The molecule has 0 radical (unpaired) electrons. The predicted molar refractivity (Wildman–Crippen MR) is 112 cm³/mol. The molecule has 1 fully saturated rings. The maximum absolute atomic E-state index is 12.6. The second-order valence-electron chi connectivity index (χ2n) is 6.87. The fraction of sp³-hybridized carbons (Fsp3) is 0.364. The highest BCUT2D eigenvalue weighted by Crippen LogP contribution is 2.28. The van der Waals surface area contributed by atoms with E-state index in [0.717, 1.165) is 5.56 Å². The van der Waals surface area contributed by atoms with Crippen LogP contribution in [0.25, 0.3) is 0 Å². The van der Waals surface area contributed by atoms with Crippen molar-refractivity contribution in [3.63, 3.8) is 0 Å². The molecule has 0 spiro atoms. The van der Waals surface area contributed by atoms with Crippen molar-refractivity contribution in [2.24, 2.45) is 0 Å². The molecule has 0 unspecified atom stereocenters. The molecule has 0 atom stereocenters. The Balaban J connectivity index is 1.50. The molecular weight excluding hydrogens is 392 g/mol. The number of amides is 2. The highest BCUT2D eigenvalue weighted by atomic mass is 35.5. The van der Waals surface area contributed by atoms with E-state index in [0.29, 0.717) is 61.1 Å². The Morgan fingerprint density at radius 1 is 0.931 bits per heavy atom. The van der Waals surface area contributed by atoms with Gasteiger partial charge in [-0.15, -0.1) is 0 Å². The third kappa shape index (κ3) is 5.21. The molecule has 29 heavy (non-hydrogen) atoms. The summed E-state index contributed by atoms with van der Waals surface area (Å²) in [4.78, 5) is 28.8. The van der Waals surface area contributed by atoms with Gasteiger partial charge in [0, 0.05) is 43.2 Å². The second-order valence-corrected chi connectivity index (χ2v) is 7.31. The molecule has 7 heteroatoms. The Kier molecular flexibility index (Phi) is 6.99. The van der Waals surface area contributed by atoms with Gasteiger partial charge >= 0.3 is 0 Å². The Hall–Kier alpha value is -2.73. The lowest BCUT2D eigenvalue weighted by molar-refractivity contribution is -0.132. The molecule has 0 saturated carbocycles. The van der Waals surface area contributed by atoms with Crippen molar-refractivity contribution in [1.29, 1.82) is 0 Å². The van der Waals surface area contributed by atoms with Gasteiger partial charge in [-0.2, -0.15) is 0 Å². The molecule has 0 bridgehead atoms. The van der Waals surface area contributed by atoms with Crippen molar-refractivity contribution in [2.45, 2.75) is 12.8 Å². The van der Waals surface area contributed by atoms with Crippen LogP contribution < -0.4 is 9.47 Å². The van der Waals surface area contributed by atoms with Gasteiger partial charge < -0.3 is 19.3 Å². The van der Waals surface area contributed by atoms with E-state index in [9.17, 15) is 9.59 Å². The second kappa shape index (κ2) is 9.65. The fourth-order valence-corrected chi connectivity index (χ4v) is 3.60. The van der Waals surface area contributed by atoms with Crippen molar-refractivity contribution in [3.05, 3.63) is 58.6 Å². The van der Waals surface area contributed by atoms with E-state index in [1.54, 1.807) is 43.4 Å². The minimum atomic E-state index is -0.0510. The molecule has 0 aromatic heterocycles. The maximum Gasteiger partial charge on any atom is 0.254 e. The van der Waals surface area contributed by atoms with Crippen LogP contribution >= 0.6 is 11.6 Å². The lowest BCUT2D eigenvalue weighted by Crippen LogP contribution is -2.50. The van der Waals surface area contributed by atoms with Crippen molar-refractivity contribution >= 4 is 23.4 Å². The Bertz CT molecular complexity index is 879. The highest BCUT2D eigenvalue weighted by Gasteiger charge is 2.24. The van der Waals surface area contributed by atoms with Crippen molar-refractivity contribution < 1.29 is 19.1 Å². The lowest BCUT2D eigenvalue weighted by atomic mass is 10.1. The van der Waals surface area contributed by atoms with Crippen LogP contribution in [-0.4, -0.2) is 62.0 Å². The van der Waals surface area contributed by atoms with E-state index < -0.39 is 0 Å². The Morgan fingerprint density at radius 2 is 1.62 bits per heavy atom. The number of ether oxygens (including phenoxy) is 2. The standard InChI is InChI=1S/C22H25ClN2O4/c1-28-19-8-6-16(14-20(19)29-2)7-9-21(26)24-10-12-25(13-11-24)22(27)17-4-3-5-18(23)15-17/h3-6,8,14-15H,7,9-13H2,1-2H3. The highest BCUT2D eigenvalue weighted by molar-refractivity contribution is 6.30. The number of methoxy groups -OCH3 is 2. The monoisotopic (exact) mass is 416 g/mol. The number of halogens is 1. The molecule has 0 aliphatic carbocycles. The van der Waals surface area contributed by atoms with Crippen molar-refractivity contribution in [3.8, 4) is 11.5 Å². The normalized spacial score (nSPS) is 13.9. The van der Waals surface area contributed by atoms with E-state index in [1.807, 2.05) is 23.1 Å². The molecule has 1 aliphatic heterocycles. The van der Waals surface area contributed by atoms with E-state index in [2.05, 4.69) is 0 Å². The lowest BCUT2D eigenvalue weighted by Gasteiger charge is -2.35. The van der Waals surface area contributed by atoms with Gasteiger partial charge in [0.25, 0.3) is 5.91 Å². The molecule has 2 aromatic carbocycles. The van der Waals surface area contributed by atoms with E-state index in [4.69, 9.17) is 21.1 Å². The molecule has 2 amide bonds. The van der Waals surface area contributed by atoms with Crippen LogP contribution in [0, 0.1) is 0 Å². The smallest absolute Gasteiger partial charge is 0.254 e. The van der Waals surface area contributed by atoms with Crippen molar-refractivity contribution in [2.75, 3.05) is 40.4 Å². The zero-order chi connectivity index (χ0) is 20.8. The fourth-order valence-electron chi connectivity index (χ4n) is 3.41. The van der Waals surface area contributed by atoms with Crippen molar-refractivity contribution in [1.82, 2.24) is 9.80 Å². The van der Waals surface area contributed by atoms with Gasteiger partial charge in [0.1, 0.15) is 0 Å². The van der Waals surface area contributed by atoms with Crippen LogP contribution in [0.15, 0.2) is 42.5 Å². The SMILES string of the molecule is COc1ccc(CCC(=O)N2CCN(C(=O)c3cccc(Cl)c3)CC2)cc1OC. The Morgan fingerprint density at radius 3 is 2.28 bits per heavy atom. The maximum atomic E-state index is 12.6. The topological polar surface area (TPSA) is 59.1 Å². The quantitative estimate of drug-likeness (QED) is 0.725. The van der Waals surface area contributed by atoms with Gasteiger partial charge in [0.15, 0.2) is 11.5 Å². The summed E-state index contributed by atoms with van der Waals surface area (Å²) in [6.07, 6.45) is 1.04. The number of carbonyl (C=O) groups is 2. The summed E-state index contributed by atoms with van der Waals surface area (Å²) in [5, 5.41) is 0.542. The molecule has 1 saturated heterocycles. The zero-order valence-electron chi connectivity index (χ0n) is 16.7. The summed E-state index contributed by atoms with van der Waals surface area (Å²) >= 11 is 5.98. The van der Waals surface area contributed by atoms with E-state index in [-0.39, 0.29) is 11.8 Å². The Labute approximate surface area is 176 Å². The van der Waals surface area contributed by atoms with Crippen LogP contribution in [0.2, 0.25) is 5.02 Å². The number of rotatable bonds is 6. The third-order valence-corrected chi connectivity index (χ3v) is 5.30. The summed E-state index contributed by atoms with van der Waals surface area (Å²) in [7, 11) is 3.19. The summed E-state index contributed by atoms with van der Waals surface area (Å²) < 4.78 is 10.6. The largest absolute Gasteiger partial charge is 0.493 e. The van der Waals surface area contributed by atoms with Gasteiger partial charge in [-0.3, -0.25) is 9.59 Å².